The number of benzene rings is 1. The Morgan fingerprint density at radius 3 is 3.11 bits per heavy atom. The van der Waals surface area contributed by atoms with Crippen LogP contribution >= 0.6 is 0 Å². The molecule has 0 aliphatic carbocycles. The van der Waals surface area contributed by atoms with Crippen LogP contribution in [-0.4, -0.2) is 22.8 Å². The summed E-state index contributed by atoms with van der Waals surface area (Å²) in [6.07, 6.45) is 4.59. The van der Waals surface area contributed by atoms with Crippen molar-refractivity contribution in [2.24, 2.45) is 5.16 Å². The molecule has 0 saturated carbocycles. The van der Waals surface area contributed by atoms with Gasteiger partial charge in [-0.2, -0.15) is 9.87 Å². The van der Waals surface area contributed by atoms with Crippen LogP contribution < -0.4 is 4.84 Å². The third-order valence-electron chi connectivity index (χ3n) is 2.33. The molecule has 1 aromatic heterocycles. The summed E-state index contributed by atoms with van der Waals surface area (Å²) >= 11 is 0. The highest BCUT2D eigenvalue weighted by Crippen LogP contribution is 2.20. The molecule has 0 radical (unpaired) electrons. The molecule has 1 aliphatic heterocycles. The van der Waals surface area contributed by atoms with Gasteiger partial charge in [-0.3, -0.25) is 0 Å². The lowest BCUT2D eigenvalue weighted by Crippen LogP contribution is -1.93. The van der Waals surface area contributed by atoms with Gasteiger partial charge in [0.2, 0.25) is 0 Å². The summed E-state index contributed by atoms with van der Waals surface area (Å²) in [6, 6.07) is 7.54. The third kappa shape index (κ3) is 2.14. The molecule has 0 N–H and O–H groups in total. The molecule has 0 atom stereocenters. The molecule has 2 heterocycles. The quantitative estimate of drug-likeness (QED) is 0.467. The first-order valence-corrected chi connectivity index (χ1v) is 5.33. The SMILES string of the molecule is C(=NOc1ncnc2ccccc12)C1=CCOO1. The summed E-state index contributed by atoms with van der Waals surface area (Å²) in [5.41, 5.74) is 0.803. The lowest BCUT2D eigenvalue weighted by atomic mass is 10.2. The fraction of sp³-hybridized carbons (Fsp3) is 0.0833. The molecule has 18 heavy (non-hydrogen) atoms. The lowest BCUT2D eigenvalue weighted by Gasteiger charge is -2.01. The molecule has 0 fully saturated rings. The van der Waals surface area contributed by atoms with Crippen molar-refractivity contribution in [3.63, 3.8) is 0 Å². The molecule has 0 bridgehead atoms. The number of fused-ring (bicyclic) bond motifs is 1. The van der Waals surface area contributed by atoms with E-state index < -0.39 is 0 Å². The molecule has 1 aliphatic rings. The van der Waals surface area contributed by atoms with Gasteiger partial charge >= 0.3 is 0 Å². The van der Waals surface area contributed by atoms with E-state index in [9.17, 15) is 0 Å². The number of hydrogen-bond acceptors (Lipinski definition) is 6. The summed E-state index contributed by atoms with van der Waals surface area (Å²) < 4.78 is 0. The van der Waals surface area contributed by atoms with Gasteiger partial charge in [0.15, 0.2) is 5.76 Å². The first-order valence-electron chi connectivity index (χ1n) is 5.33. The smallest absolute Gasteiger partial charge is 0.259 e. The minimum Gasteiger partial charge on any atom is -0.336 e. The van der Waals surface area contributed by atoms with Crippen molar-refractivity contribution >= 4 is 17.1 Å². The van der Waals surface area contributed by atoms with E-state index in [-0.39, 0.29) is 0 Å². The Morgan fingerprint density at radius 2 is 2.22 bits per heavy atom. The first kappa shape index (κ1) is 10.7. The van der Waals surface area contributed by atoms with E-state index in [2.05, 4.69) is 20.0 Å². The van der Waals surface area contributed by atoms with E-state index >= 15 is 0 Å². The standard InChI is InChI=1S/C12H9N3O3/c1-2-4-11-10(3-1)12(14-8-13-11)17-15-7-9-5-6-16-18-9/h1-5,7-8H,6H2. The van der Waals surface area contributed by atoms with Crippen LogP contribution in [0.1, 0.15) is 0 Å². The van der Waals surface area contributed by atoms with Gasteiger partial charge in [-0.05, 0) is 18.2 Å². The highest BCUT2D eigenvalue weighted by atomic mass is 17.2. The zero-order valence-electron chi connectivity index (χ0n) is 9.31. The summed E-state index contributed by atoms with van der Waals surface area (Å²) in [4.78, 5) is 22.8. The zero-order chi connectivity index (χ0) is 12.2. The maximum absolute atomic E-state index is 5.22. The first-order chi connectivity index (χ1) is 8.93. The predicted molar refractivity (Wildman–Crippen MR) is 63.8 cm³/mol. The number of nitrogens with zero attached hydrogens (tertiary/aromatic N) is 3. The molecule has 0 unspecified atom stereocenters. The molecule has 3 rings (SSSR count). The molecule has 2 aromatic rings. The van der Waals surface area contributed by atoms with Gasteiger partial charge in [0.25, 0.3) is 5.88 Å². The van der Waals surface area contributed by atoms with Gasteiger partial charge in [-0.25, -0.2) is 4.98 Å². The number of allylic oxidation sites excluding steroid dienone is 1. The number of rotatable bonds is 3. The molecule has 0 amide bonds. The van der Waals surface area contributed by atoms with Crippen molar-refractivity contribution in [3.8, 4) is 5.88 Å². The van der Waals surface area contributed by atoms with Gasteiger partial charge in [0.1, 0.15) is 19.1 Å². The largest absolute Gasteiger partial charge is 0.336 e. The van der Waals surface area contributed by atoms with E-state index in [0.717, 1.165) is 10.9 Å². The Hall–Kier alpha value is -2.47. The second-order valence-corrected chi connectivity index (χ2v) is 3.50. The van der Waals surface area contributed by atoms with E-state index in [1.165, 1.54) is 12.5 Å². The fourth-order valence-corrected chi connectivity index (χ4v) is 1.51. The summed E-state index contributed by atoms with van der Waals surface area (Å²) in [6.45, 7) is 0.414. The Labute approximate surface area is 102 Å². The van der Waals surface area contributed by atoms with Crippen LogP contribution in [-0.2, 0) is 9.78 Å². The van der Waals surface area contributed by atoms with Gasteiger partial charge in [-0.15, -0.1) is 0 Å². The number of hydrogen-bond donors (Lipinski definition) is 0. The number of oxime groups is 1. The van der Waals surface area contributed by atoms with Crippen LogP contribution in [0.15, 0.2) is 47.6 Å². The van der Waals surface area contributed by atoms with Crippen molar-refractivity contribution in [3.05, 3.63) is 42.4 Å². The summed E-state index contributed by atoms with van der Waals surface area (Å²) in [5.74, 6) is 0.907. The maximum atomic E-state index is 5.22. The van der Waals surface area contributed by atoms with Crippen LogP contribution in [0.3, 0.4) is 0 Å². The van der Waals surface area contributed by atoms with Crippen molar-refractivity contribution in [2.45, 2.75) is 0 Å². The molecule has 1 aromatic carbocycles. The molecule has 0 saturated heterocycles. The lowest BCUT2D eigenvalue weighted by molar-refractivity contribution is -0.227. The zero-order valence-corrected chi connectivity index (χ0v) is 9.31. The Morgan fingerprint density at radius 1 is 1.28 bits per heavy atom. The van der Waals surface area contributed by atoms with Crippen LogP contribution in [0.5, 0.6) is 5.88 Å². The Kier molecular flexibility index (Phi) is 2.85. The van der Waals surface area contributed by atoms with E-state index in [1.807, 2.05) is 24.3 Å². The molecule has 0 spiro atoms. The van der Waals surface area contributed by atoms with Gasteiger partial charge in [0.05, 0.1) is 10.9 Å². The highest BCUT2D eigenvalue weighted by molar-refractivity contribution is 5.83. The average molecular weight is 243 g/mol. The van der Waals surface area contributed by atoms with Crippen LogP contribution in [0, 0.1) is 0 Å². The third-order valence-corrected chi connectivity index (χ3v) is 2.33. The highest BCUT2D eigenvalue weighted by Gasteiger charge is 2.05. The predicted octanol–water partition coefficient (Wildman–Crippen LogP) is 1.84. The Balaban J connectivity index is 1.82. The molecule has 6 nitrogen and oxygen atoms in total. The second-order valence-electron chi connectivity index (χ2n) is 3.50. The fourth-order valence-electron chi connectivity index (χ4n) is 1.51. The van der Waals surface area contributed by atoms with Crippen molar-refractivity contribution in [1.82, 2.24) is 9.97 Å². The van der Waals surface area contributed by atoms with Crippen molar-refractivity contribution in [1.29, 1.82) is 0 Å². The second kappa shape index (κ2) is 4.80. The number of para-hydroxylation sites is 1. The van der Waals surface area contributed by atoms with Gasteiger partial charge in [-0.1, -0.05) is 17.3 Å². The molecular weight excluding hydrogens is 234 g/mol. The van der Waals surface area contributed by atoms with Gasteiger partial charge < -0.3 is 9.73 Å². The average Bonchev–Trinajstić information content (AvgIpc) is 2.92. The van der Waals surface area contributed by atoms with Crippen LogP contribution in [0.2, 0.25) is 0 Å². The summed E-state index contributed by atoms with van der Waals surface area (Å²) in [5, 5.41) is 4.59. The van der Waals surface area contributed by atoms with Crippen molar-refractivity contribution in [2.75, 3.05) is 6.61 Å². The van der Waals surface area contributed by atoms with Crippen molar-refractivity contribution < 1.29 is 14.6 Å². The van der Waals surface area contributed by atoms with Gasteiger partial charge in [0, 0.05) is 0 Å². The van der Waals surface area contributed by atoms with E-state index in [0.29, 0.717) is 18.2 Å². The normalized spacial score (nSPS) is 14.8. The van der Waals surface area contributed by atoms with Crippen LogP contribution in [0.25, 0.3) is 10.9 Å². The molecule has 90 valence electrons. The van der Waals surface area contributed by atoms with E-state index in [4.69, 9.17) is 9.73 Å². The Bertz CT molecular complexity index is 619. The van der Waals surface area contributed by atoms with E-state index in [1.54, 1.807) is 6.08 Å². The maximum Gasteiger partial charge on any atom is 0.259 e. The number of aromatic nitrogens is 2. The minimum absolute atomic E-state index is 0.399. The minimum atomic E-state index is 0.399. The topological polar surface area (TPSA) is 65.8 Å². The monoisotopic (exact) mass is 243 g/mol. The molecule has 6 heteroatoms. The van der Waals surface area contributed by atoms with Crippen LogP contribution in [0.4, 0.5) is 0 Å². The molecular formula is C12H9N3O3. The summed E-state index contributed by atoms with van der Waals surface area (Å²) in [7, 11) is 0.